The van der Waals surface area contributed by atoms with Gasteiger partial charge in [-0.15, -0.1) is 0 Å². The first-order chi connectivity index (χ1) is 22.1. The van der Waals surface area contributed by atoms with E-state index >= 15 is 8.78 Å². The average Bonchev–Trinajstić information content (AvgIpc) is 3.95. The van der Waals surface area contributed by atoms with Crippen LogP contribution in [0, 0.1) is 11.6 Å². The SMILES string of the molecule is C=CC(=O)N1C[C@H](C)N(c2nc(=O)n(-c3c(C4CC4)nc(OC)nc3C3CC3)c3nc(-c4c(N)cccc4F)c(F)cc23)C[C@H]1C. The van der Waals surface area contributed by atoms with Crippen LogP contribution in [0.3, 0.4) is 0 Å². The van der Waals surface area contributed by atoms with Gasteiger partial charge in [0.2, 0.25) is 5.91 Å². The predicted molar refractivity (Wildman–Crippen MR) is 169 cm³/mol. The number of fused-ring (bicyclic) bond motifs is 1. The van der Waals surface area contributed by atoms with Crippen molar-refractivity contribution in [2.45, 2.75) is 63.5 Å². The highest BCUT2D eigenvalue weighted by atomic mass is 19.1. The highest BCUT2D eigenvalue weighted by Gasteiger charge is 2.39. The van der Waals surface area contributed by atoms with Gasteiger partial charge in [0.05, 0.1) is 35.1 Å². The lowest BCUT2D eigenvalue weighted by Crippen LogP contribution is -2.58. The predicted octanol–water partition coefficient (Wildman–Crippen LogP) is 4.47. The second-order valence-corrected chi connectivity index (χ2v) is 12.4. The number of anilines is 2. The van der Waals surface area contributed by atoms with Gasteiger partial charge in [0.25, 0.3) is 0 Å². The zero-order chi connectivity index (χ0) is 32.4. The summed E-state index contributed by atoms with van der Waals surface area (Å²) in [7, 11) is 1.50. The van der Waals surface area contributed by atoms with Gasteiger partial charge in [0.1, 0.15) is 17.3 Å². The normalized spacial score (nSPS) is 19.8. The number of carbonyl (C=O) groups excluding carboxylic acids is 1. The van der Waals surface area contributed by atoms with Crippen LogP contribution in [0.1, 0.15) is 62.8 Å². The van der Waals surface area contributed by atoms with Crippen LogP contribution in [0.15, 0.2) is 41.7 Å². The molecule has 1 amide bonds. The maximum Gasteiger partial charge on any atom is 0.355 e. The fourth-order valence-electron chi connectivity index (χ4n) is 6.41. The number of carbonyl (C=O) groups is 1. The minimum Gasteiger partial charge on any atom is -0.467 e. The molecule has 238 valence electrons. The van der Waals surface area contributed by atoms with Gasteiger partial charge in [-0.2, -0.15) is 15.0 Å². The molecule has 13 heteroatoms. The maximum absolute atomic E-state index is 16.1. The van der Waals surface area contributed by atoms with E-state index in [0.717, 1.165) is 25.7 Å². The van der Waals surface area contributed by atoms with E-state index in [1.807, 2.05) is 18.7 Å². The summed E-state index contributed by atoms with van der Waals surface area (Å²) in [5.74, 6) is -1.41. The summed E-state index contributed by atoms with van der Waals surface area (Å²) in [6, 6.07) is 4.99. The molecule has 3 aromatic heterocycles. The topological polar surface area (TPSA) is 132 Å². The molecule has 4 heterocycles. The number of aromatic nitrogens is 5. The number of nitrogens with zero attached hydrogens (tertiary/aromatic N) is 7. The summed E-state index contributed by atoms with van der Waals surface area (Å²) in [5.41, 5.74) is 6.79. The van der Waals surface area contributed by atoms with Crippen molar-refractivity contribution < 1.29 is 18.3 Å². The fraction of sp³-hybridized carbons (Fsp3) is 0.394. The number of pyridine rings is 1. The molecule has 11 nitrogen and oxygen atoms in total. The molecule has 0 radical (unpaired) electrons. The molecule has 0 bridgehead atoms. The minimum atomic E-state index is -0.825. The molecule has 0 spiro atoms. The molecule has 0 unspecified atom stereocenters. The molecule has 2 saturated carbocycles. The van der Waals surface area contributed by atoms with E-state index in [9.17, 15) is 9.59 Å². The lowest BCUT2D eigenvalue weighted by atomic mass is 10.1. The molecule has 4 aromatic rings. The molecule has 46 heavy (non-hydrogen) atoms. The van der Waals surface area contributed by atoms with Gasteiger partial charge >= 0.3 is 11.7 Å². The third kappa shape index (κ3) is 4.94. The Bertz CT molecular complexity index is 1920. The van der Waals surface area contributed by atoms with Gasteiger partial charge in [-0.3, -0.25) is 4.79 Å². The number of methoxy groups -OCH3 is 1. The van der Waals surface area contributed by atoms with Gasteiger partial charge in [0, 0.05) is 42.7 Å². The lowest BCUT2D eigenvalue weighted by Gasteiger charge is -2.44. The number of piperazine rings is 1. The second kappa shape index (κ2) is 11.1. The molecule has 2 N–H and O–H groups in total. The summed E-state index contributed by atoms with van der Waals surface area (Å²) < 4.78 is 38.1. The molecule has 2 atom stereocenters. The van der Waals surface area contributed by atoms with Gasteiger partial charge in [0.15, 0.2) is 11.5 Å². The van der Waals surface area contributed by atoms with Crippen molar-refractivity contribution in [3.63, 3.8) is 0 Å². The number of amides is 1. The number of rotatable bonds is 7. The van der Waals surface area contributed by atoms with Gasteiger partial charge in [-0.25, -0.2) is 23.1 Å². The number of benzene rings is 1. The largest absolute Gasteiger partial charge is 0.467 e. The lowest BCUT2D eigenvalue weighted by molar-refractivity contribution is -0.128. The Hall–Kier alpha value is -4.94. The molecular formula is C33H34F2N8O3. The van der Waals surface area contributed by atoms with Crippen molar-refractivity contribution in [2.24, 2.45) is 0 Å². The van der Waals surface area contributed by atoms with Crippen LogP contribution in [-0.4, -0.2) is 67.6 Å². The highest BCUT2D eigenvalue weighted by Crippen LogP contribution is 2.48. The van der Waals surface area contributed by atoms with E-state index in [1.54, 1.807) is 4.90 Å². The average molecular weight is 629 g/mol. The summed E-state index contributed by atoms with van der Waals surface area (Å²) >= 11 is 0. The smallest absolute Gasteiger partial charge is 0.355 e. The first-order valence-corrected chi connectivity index (χ1v) is 15.4. The van der Waals surface area contributed by atoms with Crippen molar-refractivity contribution in [2.75, 3.05) is 30.8 Å². The molecule has 3 fully saturated rings. The number of hydrogen-bond donors (Lipinski definition) is 1. The van der Waals surface area contributed by atoms with E-state index in [4.69, 9.17) is 10.5 Å². The van der Waals surface area contributed by atoms with Crippen molar-refractivity contribution >= 4 is 28.4 Å². The van der Waals surface area contributed by atoms with E-state index in [1.165, 1.54) is 42.0 Å². The second-order valence-electron chi connectivity index (χ2n) is 12.4. The van der Waals surface area contributed by atoms with Crippen molar-refractivity contribution in [3.05, 3.63) is 70.4 Å². The molecule has 1 aliphatic heterocycles. The standard InChI is InChI=1S/C33H34F2N8O3/c1-5-24(44)41-14-17(3)42(15-16(41)2)30-20-13-22(35)28(25-21(34)7-6-8-23(25)36)37-31(20)43(33(45)40-30)29-26(18-9-10-18)38-32(46-4)39-27(29)19-11-12-19/h5-8,13,16-19H,1,9-12,14-15,36H2,2-4H3/t16-,17+/m1/s1. The molecule has 7 rings (SSSR count). The monoisotopic (exact) mass is 628 g/mol. The van der Waals surface area contributed by atoms with Crippen LogP contribution in [0.4, 0.5) is 20.3 Å². The van der Waals surface area contributed by atoms with E-state index in [0.29, 0.717) is 30.2 Å². The van der Waals surface area contributed by atoms with E-state index in [2.05, 4.69) is 26.5 Å². The number of halogens is 2. The van der Waals surface area contributed by atoms with Crippen LogP contribution >= 0.6 is 0 Å². The Morgan fingerprint density at radius 1 is 1.00 bits per heavy atom. The van der Waals surface area contributed by atoms with Crippen molar-refractivity contribution in [1.82, 2.24) is 29.4 Å². The summed E-state index contributed by atoms with van der Waals surface area (Å²) in [5, 5.41) is 0.248. The van der Waals surface area contributed by atoms with E-state index < -0.39 is 17.3 Å². The first kappa shape index (κ1) is 29.8. The molecule has 1 aromatic carbocycles. The Balaban J connectivity index is 1.53. The van der Waals surface area contributed by atoms with Crippen LogP contribution in [0.5, 0.6) is 6.01 Å². The molecule has 3 aliphatic rings. The van der Waals surface area contributed by atoms with Gasteiger partial charge < -0.3 is 20.3 Å². The van der Waals surface area contributed by atoms with E-state index in [-0.39, 0.29) is 69.6 Å². The van der Waals surface area contributed by atoms with Crippen LogP contribution in [0.2, 0.25) is 0 Å². The minimum absolute atomic E-state index is 0.00417. The number of nitrogen functional groups attached to an aromatic ring is 1. The molecule has 1 saturated heterocycles. The Kier molecular flexibility index (Phi) is 7.21. The number of hydrogen-bond acceptors (Lipinski definition) is 9. The maximum atomic E-state index is 16.1. The zero-order valence-electron chi connectivity index (χ0n) is 25.8. The summed E-state index contributed by atoms with van der Waals surface area (Å²) in [6.07, 6.45) is 4.76. The van der Waals surface area contributed by atoms with Crippen LogP contribution < -0.4 is 21.1 Å². The summed E-state index contributed by atoms with van der Waals surface area (Å²) in [6.45, 7) is 8.06. The van der Waals surface area contributed by atoms with Crippen molar-refractivity contribution in [3.8, 4) is 23.0 Å². The first-order valence-electron chi connectivity index (χ1n) is 15.4. The third-order valence-electron chi connectivity index (χ3n) is 9.05. The Morgan fingerprint density at radius 3 is 2.26 bits per heavy atom. The number of nitrogens with two attached hydrogens (primary N) is 1. The van der Waals surface area contributed by atoms with Gasteiger partial charge in [-0.05, 0) is 63.8 Å². The molecule has 2 aliphatic carbocycles. The van der Waals surface area contributed by atoms with Gasteiger partial charge in [-0.1, -0.05) is 12.6 Å². The molecular weight excluding hydrogens is 594 g/mol. The Morgan fingerprint density at radius 2 is 1.67 bits per heavy atom. The zero-order valence-corrected chi connectivity index (χ0v) is 25.8. The van der Waals surface area contributed by atoms with Crippen molar-refractivity contribution in [1.29, 1.82) is 0 Å². The van der Waals surface area contributed by atoms with Crippen LogP contribution in [-0.2, 0) is 4.79 Å². The highest BCUT2D eigenvalue weighted by molar-refractivity contribution is 5.92. The quantitative estimate of drug-likeness (QED) is 0.233. The third-order valence-corrected chi connectivity index (χ3v) is 9.05. The number of ether oxygens (including phenoxy) is 1. The summed E-state index contributed by atoms with van der Waals surface area (Å²) in [4.78, 5) is 49.1. The fourth-order valence-corrected chi connectivity index (χ4v) is 6.41. The van der Waals surface area contributed by atoms with Crippen LogP contribution in [0.25, 0.3) is 28.0 Å². The Labute approximate surface area is 263 Å².